The molecule has 0 heterocycles. The Morgan fingerprint density at radius 2 is 1.86 bits per heavy atom. The second kappa shape index (κ2) is 5.67. The SMILES string of the molecule is O=C(O)c1cc(O)ccc1NC(=O)C1CCC(F)(F)CC1. The zero-order valence-corrected chi connectivity index (χ0v) is 11.1. The summed E-state index contributed by atoms with van der Waals surface area (Å²) >= 11 is 0. The number of halogens is 2. The summed E-state index contributed by atoms with van der Waals surface area (Å²) in [6, 6.07) is 3.54. The molecule has 5 nitrogen and oxygen atoms in total. The molecule has 3 N–H and O–H groups in total. The molecule has 7 heteroatoms. The van der Waals surface area contributed by atoms with Crippen LogP contribution in [-0.4, -0.2) is 28.0 Å². The van der Waals surface area contributed by atoms with Crippen LogP contribution in [0.15, 0.2) is 18.2 Å². The minimum absolute atomic E-state index is 0.0441. The number of phenolic OH excluding ortho intramolecular Hbond substituents is 1. The zero-order chi connectivity index (χ0) is 15.6. The fourth-order valence-corrected chi connectivity index (χ4v) is 2.36. The van der Waals surface area contributed by atoms with E-state index in [2.05, 4.69) is 5.32 Å². The van der Waals surface area contributed by atoms with Crippen molar-refractivity contribution in [3.63, 3.8) is 0 Å². The van der Waals surface area contributed by atoms with E-state index in [9.17, 15) is 23.5 Å². The minimum Gasteiger partial charge on any atom is -0.508 e. The van der Waals surface area contributed by atoms with Gasteiger partial charge in [0.2, 0.25) is 11.8 Å². The molecule has 1 aromatic carbocycles. The van der Waals surface area contributed by atoms with Crippen LogP contribution in [-0.2, 0) is 4.79 Å². The minimum atomic E-state index is -2.72. The third-order valence-electron chi connectivity index (χ3n) is 3.58. The van der Waals surface area contributed by atoms with Gasteiger partial charge in [-0.25, -0.2) is 13.6 Å². The lowest BCUT2D eigenvalue weighted by atomic mass is 9.86. The number of phenols is 1. The summed E-state index contributed by atoms with van der Waals surface area (Å²) in [5, 5.41) is 20.7. The number of anilines is 1. The third-order valence-corrected chi connectivity index (χ3v) is 3.58. The van der Waals surface area contributed by atoms with Gasteiger partial charge < -0.3 is 15.5 Å². The summed E-state index contributed by atoms with van der Waals surface area (Å²) in [5.74, 6) is -5.28. The van der Waals surface area contributed by atoms with Crippen molar-refractivity contribution in [2.45, 2.75) is 31.6 Å². The number of carbonyl (C=O) groups excluding carboxylic acids is 1. The van der Waals surface area contributed by atoms with Crippen LogP contribution >= 0.6 is 0 Å². The van der Waals surface area contributed by atoms with Crippen LogP contribution in [0.3, 0.4) is 0 Å². The van der Waals surface area contributed by atoms with Crippen LogP contribution in [0, 0.1) is 5.92 Å². The number of nitrogens with one attached hydrogen (secondary N) is 1. The first-order valence-electron chi connectivity index (χ1n) is 6.53. The third kappa shape index (κ3) is 3.68. The highest BCUT2D eigenvalue weighted by atomic mass is 19.3. The lowest BCUT2D eigenvalue weighted by Crippen LogP contribution is -2.32. The van der Waals surface area contributed by atoms with Gasteiger partial charge in [0.05, 0.1) is 11.3 Å². The molecule has 114 valence electrons. The van der Waals surface area contributed by atoms with Gasteiger partial charge >= 0.3 is 5.97 Å². The van der Waals surface area contributed by atoms with Crippen molar-refractivity contribution in [1.29, 1.82) is 0 Å². The molecular formula is C14H15F2NO4. The molecule has 1 amide bonds. The maximum Gasteiger partial charge on any atom is 0.337 e. The normalized spacial score (nSPS) is 18.2. The number of hydrogen-bond donors (Lipinski definition) is 3. The number of aromatic hydroxyl groups is 1. The van der Waals surface area contributed by atoms with Crippen molar-refractivity contribution in [3.8, 4) is 5.75 Å². The highest BCUT2D eigenvalue weighted by Gasteiger charge is 2.37. The van der Waals surface area contributed by atoms with Gasteiger partial charge in [-0.3, -0.25) is 4.79 Å². The molecule has 0 radical (unpaired) electrons. The van der Waals surface area contributed by atoms with Crippen LogP contribution in [0.5, 0.6) is 5.75 Å². The molecule has 21 heavy (non-hydrogen) atoms. The molecular weight excluding hydrogens is 284 g/mol. The first-order valence-corrected chi connectivity index (χ1v) is 6.53. The Bertz CT molecular complexity index is 564. The maximum absolute atomic E-state index is 13.0. The van der Waals surface area contributed by atoms with Gasteiger partial charge in [-0.15, -0.1) is 0 Å². The zero-order valence-electron chi connectivity index (χ0n) is 11.1. The fourth-order valence-electron chi connectivity index (χ4n) is 2.36. The smallest absolute Gasteiger partial charge is 0.337 e. The van der Waals surface area contributed by atoms with Crippen molar-refractivity contribution in [3.05, 3.63) is 23.8 Å². The van der Waals surface area contributed by atoms with E-state index in [1.54, 1.807) is 0 Å². The second-order valence-electron chi connectivity index (χ2n) is 5.15. The highest BCUT2D eigenvalue weighted by molar-refractivity contribution is 6.01. The van der Waals surface area contributed by atoms with E-state index >= 15 is 0 Å². The van der Waals surface area contributed by atoms with Crippen LogP contribution in [0.1, 0.15) is 36.0 Å². The van der Waals surface area contributed by atoms with Gasteiger partial charge in [-0.05, 0) is 31.0 Å². The number of carboxylic acid groups (broad SMARTS) is 1. The molecule has 1 aromatic rings. The number of carboxylic acids is 1. The number of rotatable bonds is 3. The molecule has 1 fully saturated rings. The number of benzene rings is 1. The van der Waals surface area contributed by atoms with Gasteiger partial charge in [0.15, 0.2) is 0 Å². The molecule has 0 unspecified atom stereocenters. The van der Waals surface area contributed by atoms with Crippen molar-refractivity contribution >= 4 is 17.6 Å². The number of aromatic carboxylic acids is 1. The second-order valence-corrected chi connectivity index (χ2v) is 5.15. The summed E-state index contributed by atoms with van der Waals surface area (Å²) < 4.78 is 26.1. The van der Waals surface area contributed by atoms with Gasteiger partial charge in [-0.2, -0.15) is 0 Å². The molecule has 0 spiro atoms. The summed E-state index contributed by atoms with van der Waals surface area (Å²) in [6.45, 7) is 0. The Labute approximate surface area is 119 Å². The van der Waals surface area contributed by atoms with E-state index in [0.717, 1.165) is 6.07 Å². The van der Waals surface area contributed by atoms with E-state index in [-0.39, 0.29) is 42.7 Å². The first kappa shape index (κ1) is 15.2. The summed E-state index contributed by atoms with van der Waals surface area (Å²) in [6.07, 6.45) is -0.544. The van der Waals surface area contributed by atoms with E-state index in [1.807, 2.05) is 0 Å². The Balaban J connectivity index is 2.08. The number of carbonyl (C=O) groups is 2. The molecule has 1 saturated carbocycles. The van der Waals surface area contributed by atoms with Gasteiger partial charge in [0.1, 0.15) is 5.75 Å². The van der Waals surface area contributed by atoms with Crippen LogP contribution in [0.25, 0.3) is 0 Å². The largest absolute Gasteiger partial charge is 0.508 e. The molecule has 0 bridgehead atoms. The fraction of sp³-hybridized carbons (Fsp3) is 0.429. The molecule has 0 aromatic heterocycles. The topological polar surface area (TPSA) is 86.6 Å². The quantitative estimate of drug-likeness (QED) is 0.749. The molecule has 0 aliphatic heterocycles. The molecule has 2 rings (SSSR count). The molecule has 1 aliphatic rings. The Morgan fingerprint density at radius 1 is 1.24 bits per heavy atom. The summed E-state index contributed by atoms with van der Waals surface area (Å²) in [5.41, 5.74) is -0.202. The molecule has 0 atom stereocenters. The monoisotopic (exact) mass is 299 g/mol. The average molecular weight is 299 g/mol. The van der Waals surface area contributed by atoms with E-state index < -0.39 is 23.7 Å². The van der Waals surface area contributed by atoms with E-state index in [0.29, 0.717) is 0 Å². The van der Waals surface area contributed by atoms with Crippen LogP contribution in [0.4, 0.5) is 14.5 Å². The predicted molar refractivity (Wildman–Crippen MR) is 70.6 cm³/mol. The Hall–Kier alpha value is -2.18. The van der Waals surface area contributed by atoms with Crippen molar-refractivity contribution in [2.24, 2.45) is 5.92 Å². The lowest BCUT2D eigenvalue weighted by molar-refractivity contribution is -0.124. The molecule has 1 aliphatic carbocycles. The van der Waals surface area contributed by atoms with E-state index in [4.69, 9.17) is 5.11 Å². The lowest BCUT2D eigenvalue weighted by Gasteiger charge is -2.27. The summed E-state index contributed by atoms with van der Waals surface area (Å²) in [4.78, 5) is 23.1. The first-order chi connectivity index (χ1) is 9.78. The van der Waals surface area contributed by atoms with Crippen molar-refractivity contribution in [2.75, 3.05) is 5.32 Å². The van der Waals surface area contributed by atoms with Crippen LogP contribution < -0.4 is 5.32 Å². The van der Waals surface area contributed by atoms with Crippen molar-refractivity contribution < 1.29 is 28.6 Å². The maximum atomic E-state index is 13.0. The van der Waals surface area contributed by atoms with Crippen LogP contribution in [0.2, 0.25) is 0 Å². The number of amides is 1. The summed E-state index contributed by atoms with van der Waals surface area (Å²) in [7, 11) is 0. The van der Waals surface area contributed by atoms with E-state index in [1.165, 1.54) is 12.1 Å². The number of alkyl halides is 2. The van der Waals surface area contributed by atoms with Gasteiger partial charge in [-0.1, -0.05) is 0 Å². The standard InChI is InChI=1S/C14H15F2NO4/c15-14(16)5-3-8(4-6-14)12(19)17-11-2-1-9(18)7-10(11)13(20)21/h1-2,7-8,18H,3-6H2,(H,17,19)(H,20,21). The number of hydrogen-bond acceptors (Lipinski definition) is 3. The van der Waals surface area contributed by atoms with Gasteiger partial charge in [0.25, 0.3) is 0 Å². The Morgan fingerprint density at radius 3 is 2.43 bits per heavy atom. The van der Waals surface area contributed by atoms with Gasteiger partial charge in [0, 0.05) is 18.8 Å². The van der Waals surface area contributed by atoms with Crippen molar-refractivity contribution in [1.82, 2.24) is 0 Å². The predicted octanol–water partition coefficient (Wildman–Crippen LogP) is 2.85. The molecule has 0 saturated heterocycles. The Kier molecular flexibility index (Phi) is 4.11. The average Bonchev–Trinajstić information content (AvgIpc) is 2.40. The highest BCUT2D eigenvalue weighted by Crippen LogP contribution is 2.36.